The van der Waals surface area contributed by atoms with Crippen LogP contribution in [-0.2, 0) is 0 Å². The minimum absolute atomic E-state index is 0.252. The van der Waals surface area contributed by atoms with E-state index in [4.69, 9.17) is 0 Å². The second-order valence-corrected chi connectivity index (χ2v) is 5.75. The van der Waals surface area contributed by atoms with Crippen LogP contribution in [0, 0.1) is 13.8 Å². The number of benzene rings is 1. The van der Waals surface area contributed by atoms with Crippen LogP contribution in [-0.4, -0.2) is 5.11 Å². The fraction of sp³-hybridized carbons (Fsp3) is 0.286. The van der Waals surface area contributed by atoms with E-state index in [1.54, 1.807) is 12.1 Å². The van der Waals surface area contributed by atoms with Gasteiger partial charge in [0.05, 0.1) is 0 Å². The van der Waals surface area contributed by atoms with E-state index in [0.717, 1.165) is 5.69 Å². The first-order chi connectivity index (χ1) is 8.06. The summed E-state index contributed by atoms with van der Waals surface area (Å²) < 4.78 is 0. The smallest absolute Gasteiger partial charge is 0.117 e. The molecule has 0 spiro atoms. The van der Waals surface area contributed by atoms with E-state index in [-0.39, 0.29) is 6.04 Å². The Morgan fingerprint density at radius 2 is 2.00 bits per heavy atom. The molecule has 2 aromatic rings. The Morgan fingerprint density at radius 1 is 1.24 bits per heavy atom. The first kappa shape index (κ1) is 12.0. The summed E-state index contributed by atoms with van der Waals surface area (Å²) in [7, 11) is 0. The second-order valence-electron chi connectivity index (χ2n) is 4.28. The number of phenols is 1. The molecule has 0 aliphatic carbocycles. The molecule has 1 aromatic heterocycles. The predicted octanol–water partition coefficient (Wildman–Crippen LogP) is 4.24. The first-order valence-electron chi connectivity index (χ1n) is 5.69. The van der Waals surface area contributed by atoms with Crippen molar-refractivity contribution < 1.29 is 5.11 Å². The van der Waals surface area contributed by atoms with Crippen molar-refractivity contribution in [3.05, 3.63) is 45.6 Å². The Morgan fingerprint density at radius 3 is 2.59 bits per heavy atom. The zero-order valence-corrected chi connectivity index (χ0v) is 11.1. The Balaban J connectivity index is 2.16. The molecule has 1 heterocycles. The normalized spacial score (nSPS) is 12.4. The highest BCUT2D eigenvalue weighted by Crippen LogP contribution is 2.29. The molecule has 2 rings (SSSR count). The van der Waals surface area contributed by atoms with E-state index in [1.165, 1.54) is 15.3 Å². The Labute approximate surface area is 106 Å². The predicted molar refractivity (Wildman–Crippen MR) is 73.9 cm³/mol. The van der Waals surface area contributed by atoms with Crippen molar-refractivity contribution in [1.29, 1.82) is 0 Å². The number of phenolic OH excluding ortho intramolecular Hbond substituents is 1. The zero-order chi connectivity index (χ0) is 12.4. The van der Waals surface area contributed by atoms with Gasteiger partial charge < -0.3 is 10.4 Å². The van der Waals surface area contributed by atoms with Gasteiger partial charge in [-0.05, 0) is 44.5 Å². The topological polar surface area (TPSA) is 32.3 Å². The monoisotopic (exact) mass is 247 g/mol. The van der Waals surface area contributed by atoms with E-state index in [1.807, 2.05) is 23.5 Å². The number of rotatable bonds is 3. The van der Waals surface area contributed by atoms with E-state index < -0.39 is 0 Å². The van der Waals surface area contributed by atoms with Gasteiger partial charge in [0.2, 0.25) is 0 Å². The quantitative estimate of drug-likeness (QED) is 0.850. The summed E-state index contributed by atoms with van der Waals surface area (Å²) in [5, 5.41) is 12.8. The van der Waals surface area contributed by atoms with Crippen LogP contribution in [0.25, 0.3) is 0 Å². The molecule has 0 aliphatic heterocycles. The van der Waals surface area contributed by atoms with Gasteiger partial charge in [-0.25, -0.2) is 0 Å². The molecule has 0 radical (unpaired) electrons. The van der Waals surface area contributed by atoms with Crippen LogP contribution >= 0.6 is 11.3 Å². The molecule has 0 aliphatic rings. The van der Waals surface area contributed by atoms with Crippen LogP contribution in [0.5, 0.6) is 5.75 Å². The fourth-order valence-electron chi connectivity index (χ4n) is 2.00. The molecule has 17 heavy (non-hydrogen) atoms. The molecule has 0 saturated heterocycles. The third-order valence-corrected chi connectivity index (χ3v) is 3.76. The maximum Gasteiger partial charge on any atom is 0.117 e. The van der Waals surface area contributed by atoms with Crippen LogP contribution < -0.4 is 5.32 Å². The lowest BCUT2D eigenvalue weighted by atomic mass is 10.1. The minimum atomic E-state index is 0.252. The summed E-state index contributed by atoms with van der Waals surface area (Å²) in [5.74, 6) is 0.292. The Kier molecular flexibility index (Phi) is 3.38. The number of anilines is 1. The summed E-state index contributed by atoms with van der Waals surface area (Å²) in [6.45, 7) is 6.41. The van der Waals surface area contributed by atoms with E-state index in [0.29, 0.717) is 5.75 Å². The molecule has 1 atom stereocenters. The van der Waals surface area contributed by atoms with Crippen LogP contribution in [0.4, 0.5) is 5.69 Å². The maximum atomic E-state index is 9.42. The number of aryl methyl sites for hydroxylation is 2. The molecule has 0 saturated carbocycles. The largest absolute Gasteiger partial charge is 0.508 e. The van der Waals surface area contributed by atoms with Crippen LogP contribution in [0.2, 0.25) is 0 Å². The van der Waals surface area contributed by atoms with Crippen molar-refractivity contribution in [3.63, 3.8) is 0 Å². The lowest BCUT2D eigenvalue weighted by Crippen LogP contribution is -2.06. The number of hydrogen-bond acceptors (Lipinski definition) is 3. The van der Waals surface area contributed by atoms with Crippen molar-refractivity contribution in [1.82, 2.24) is 0 Å². The van der Waals surface area contributed by atoms with Gasteiger partial charge in [-0.3, -0.25) is 0 Å². The van der Waals surface area contributed by atoms with Crippen molar-refractivity contribution >= 4 is 17.0 Å². The number of thiophene rings is 1. The maximum absolute atomic E-state index is 9.42. The minimum Gasteiger partial charge on any atom is -0.508 e. The summed E-state index contributed by atoms with van der Waals surface area (Å²) in [5.41, 5.74) is 2.27. The fourth-order valence-corrected chi connectivity index (χ4v) is 3.03. The molecule has 1 aromatic carbocycles. The Bertz CT molecular complexity index is 519. The molecule has 90 valence electrons. The Hall–Kier alpha value is -1.48. The number of hydrogen-bond donors (Lipinski definition) is 2. The van der Waals surface area contributed by atoms with Gasteiger partial charge in [0.15, 0.2) is 0 Å². The van der Waals surface area contributed by atoms with Crippen molar-refractivity contribution in [3.8, 4) is 5.75 Å². The number of nitrogens with one attached hydrogen (secondary N) is 1. The zero-order valence-electron chi connectivity index (χ0n) is 10.3. The molecular formula is C14H17NOS. The summed E-state index contributed by atoms with van der Waals surface area (Å²) in [6, 6.07) is 9.70. The first-order valence-corrected chi connectivity index (χ1v) is 6.50. The highest BCUT2D eigenvalue weighted by molar-refractivity contribution is 7.12. The van der Waals surface area contributed by atoms with E-state index in [2.05, 4.69) is 32.2 Å². The lowest BCUT2D eigenvalue weighted by Gasteiger charge is -2.15. The van der Waals surface area contributed by atoms with Gasteiger partial charge in [0, 0.05) is 27.5 Å². The molecule has 0 fully saturated rings. The third kappa shape index (κ3) is 2.80. The van der Waals surface area contributed by atoms with Gasteiger partial charge in [-0.2, -0.15) is 0 Å². The molecule has 0 bridgehead atoms. The van der Waals surface area contributed by atoms with E-state index >= 15 is 0 Å². The molecule has 0 amide bonds. The summed E-state index contributed by atoms with van der Waals surface area (Å²) in [6.07, 6.45) is 0. The molecular weight excluding hydrogens is 230 g/mol. The SMILES string of the molecule is Cc1cc(C(C)Nc2cccc(O)c2)c(C)s1. The summed E-state index contributed by atoms with van der Waals surface area (Å²) in [4.78, 5) is 2.68. The number of aromatic hydroxyl groups is 1. The third-order valence-electron chi connectivity index (χ3n) is 2.78. The van der Waals surface area contributed by atoms with Gasteiger partial charge in [-0.1, -0.05) is 6.07 Å². The van der Waals surface area contributed by atoms with Gasteiger partial charge in [-0.15, -0.1) is 11.3 Å². The van der Waals surface area contributed by atoms with E-state index in [9.17, 15) is 5.11 Å². The second kappa shape index (κ2) is 4.80. The van der Waals surface area contributed by atoms with Crippen molar-refractivity contribution in [2.45, 2.75) is 26.8 Å². The van der Waals surface area contributed by atoms with Crippen molar-refractivity contribution in [2.24, 2.45) is 0 Å². The van der Waals surface area contributed by atoms with Crippen LogP contribution in [0.1, 0.15) is 28.3 Å². The highest BCUT2D eigenvalue weighted by Gasteiger charge is 2.11. The van der Waals surface area contributed by atoms with Crippen LogP contribution in [0.3, 0.4) is 0 Å². The summed E-state index contributed by atoms with van der Waals surface area (Å²) >= 11 is 1.82. The average Bonchev–Trinajstić information content (AvgIpc) is 2.58. The van der Waals surface area contributed by atoms with Gasteiger partial charge >= 0.3 is 0 Å². The molecule has 1 unspecified atom stereocenters. The average molecular weight is 247 g/mol. The molecule has 3 heteroatoms. The van der Waals surface area contributed by atoms with Crippen molar-refractivity contribution in [2.75, 3.05) is 5.32 Å². The van der Waals surface area contributed by atoms with Crippen LogP contribution in [0.15, 0.2) is 30.3 Å². The standard InChI is InChI=1S/C14H17NOS/c1-9-7-14(11(3)17-9)10(2)15-12-5-4-6-13(16)8-12/h4-8,10,15-16H,1-3H3. The van der Waals surface area contributed by atoms with Gasteiger partial charge in [0.1, 0.15) is 5.75 Å². The molecule has 2 N–H and O–H groups in total. The lowest BCUT2D eigenvalue weighted by molar-refractivity contribution is 0.475. The molecule has 2 nitrogen and oxygen atoms in total. The van der Waals surface area contributed by atoms with Gasteiger partial charge in [0.25, 0.3) is 0 Å². The highest BCUT2D eigenvalue weighted by atomic mass is 32.1.